The van der Waals surface area contributed by atoms with Gasteiger partial charge in [-0.05, 0) is 0 Å². The molecule has 20 heavy (non-hydrogen) atoms. The van der Waals surface area contributed by atoms with Gasteiger partial charge in [0.05, 0.1) is 26.1 Å². The lowest BCUT2D eigenvalue weighted by Crippen LogP contribution is -2.14. The van der Waals surface area contributed by atoms with Crippen LogP contribution in [-0.4, -0.2) is 71.6 Å². The quantitative estimate of drug-likeness (QED) is 0.369. The van der Waals surface area contributed by atoms with Crippen LogP contribution in [0, 0.1) is 0 Å². The van der Waals surface area contributed by atoms with Crippen LogP contribution in [0.2, 0.25) is 0 Å². The van der Waals surface area contributed by atoms with Gasteiger partial charge in [0.25, 0.3) is 0 Å². The van der Waals surface area contributed by atoms with Crippen molar-refractivity contribution in [3.05, 3.63) is 0 Å². The molecule has 0 saturated heterocycles. The second kappa shape index (κ2) is 15.0. The van der Waals surface area contributed by atoms with Gasteiger partial charge in [-0.1, -0.05) is 0 Å². The summed E-state index contributed by atoms with van der Waals surface area (Å²) in [4.78, 5) is 22.5. The maximum Gasteiger partial charge on any atom is 0.306 e. The summed E-state index contributed by atoms with van der Waals surface area (Å²) in [5.74, 6) is 1.79. The molecule has 0 fully saturated rings. The number of aliphatic hydroxyl groups excluding tert-OH is 2. The maximum atomic E-state index is 11.2. The third-order valence-corrected chi connectivity index (χ3v) is 3.91. The van der Waals surface area contributed by atoms with Crippen LogP contribution in [0.15, 0.2) is 0 Å². The van der Waals surface area contributed by atoms with Crippen molar-refractivity contribution in [1.29, 1.82) is 0 Å². The Hall–Kier alpha value is -0.440. The van der Waals surface area contributed by atoms with Gasteiger partial charge in [0.1, 0.15) is 13.2 Å². The van der Waals surface area contributed by atoms with Gasteiger partial charge in [-0.3, -0.25) is 9.59 Å². The van der Waals surface area contributed by atoms with Crippen molar-refractivity contribution in [2.75, 3.05) is 49.4 Å². The van der Waals surface area contributed by atoms with Crippen LogP contribution >= 0.6 is 23.5 Å². The van der Waals surface area contributed by atoms with E-state index in [4.69, 9.17) is 19.7 Å². The van der Waals surface area contributed by atoms with Gasteiger partial charge in [-0.15, -0.1) is 0 Å². The summed E-state index contributed by atoms with van der Waals surface area (Å²) < 4.78 is 9.77. The molecule has 0 rings (SSSR count). The number of ether oxygens (including phenoxy) is 2. The van der Waals surface area contributed by atoms with E-state index in [9.17, 15) is 9.59 Å². The van der Waals surface area contributed by atoms with Crippen molar-refractivity contribution in [2.45, 2.75) is 12.8 Å². The first kappa shape index (κ1) is 19.6. The molecule has 0 heterocycles. The number of thioether (sulfide) groups is 2. The van der Waals surface area contributed by atoms with Crippen molar-refractivity contribution >= 4 is 35.5 Å². The molecule has 0 radical (unpaired) electrons. The second-order valence-electron chi connectivity index (χ2n) is 3.61. The van der Waals surface area contributed by atoms with Crippen LogP contribution in [0.3, 0.4) is 0 Å². The summed E-state index contributed by atoms with van der Waals surface area (Å²) in [7, 11) is 0. The number of aliphatic hydroxyl groups is 2. The average molecular weight is 326 g/mol. The smallest absolute Gasteiger partial charge is 0.306 e. The van der Waals surface area contributed by atoms with E-state index in [2.05, 4.69) is 0 Å². The molecule has 0 atom stereocenters. The maximum absolute atomic E-state index is 11.2. The van der Waals surface area contributed by atoms with Gasteiger partial charge in [-0.2, -0.15) is 23.5 Å². The topological polar surface area (TPSA) is 93.1 Å². The van der Waals surface area contributed by atoms with E-state index in [-0.39, 0.29) is 51.2 Å². The number of esters is 2. The van der Waals surface area contributed by atoms with Crippen LogP contribution in [0.1, 0.15) is 12.8 Å². The summed E-state index contributed by atoms with van der Waals surface area (Å²) in [5, 5.41) is 17.1. The van der Waals surface area contributed by atoms with Crippen LogP contribution in [0.4, 0.5) is 0 Å². The molecule has 0 unspecified atom stereocenters. The van der Waals surface area contributed by atoms with Crippen molar-refractivity contribution in [3.63, 3.8) is 0 Å². The zero-order valence-electron chi connectivity index (χ0n) is 11.4. The van der Waals surface area contributed by atoms with Crippen LogP contribution in [-0.2, 0) is 19.1 Å². The van der Waals surface area contributed by atoms with E-state index >= 15 is 0 Å². The monoisotopic (exact) mass is 326 g/mol. The van der Waals surface area contributed by atoms with E-state index in [0.29, 0.717) is 23.0 Å². The molecule has 0 aliphatic carbocycles. The first-order valence-electron chi connectivity index (χ1n) is 6.39. The Bertz CT molecular complexity index is 236. The molecule has 0 spiro atoms. The second-order valence-corrected chi connectivity index (χ2v) is 6.06. The lowest BCUT2D eigenvalue weighted by atomic mass is 10.5. The summed E-state index contributed by atoms with van der Waals surface area (Å²) in [5.41, 5.74) is 0. The Labute approximate surface area is 127 Å². The molecule has 0 aliphatic rings. The molecule has 0 aromatic heterocycles. The minimum absolute atomic E-state index is 0.0685. The SMILES string of the molecule is O=C(CCSCCO)OCCOC(=O)CCSCCO. The lowest BCUT2D eigenvalue weighted by molar-refractivity contribution is -0.151. The van der Waals surface area contributed by atoms with Crippen molar-refractivity contribution < 1.29 is 29.3 Å². The number of hydrogen-bond acceptors (Lipinski definition) is 8. The molecule has 0 amide bonds. The highest BCUT2D eigenvalue weighted by molar-refractivity contribution is 7.99. The molecule has 6 nitrogen and oxygen atoms in total. The molecule has 118 valence electrons. The highest BCUT2D eigenvalue weighted by Crippen LogP contribution is 2.03. The Morgan fingerprint density at radius 2 is 1.15 bits per heavy atom. The summed E-state index contributed by atoms with van der Waals surface area (Å²) in [6.45, 7) is 0.344. The molecule has 0 bridgehead atoms. The van der Waals surface area contributed by atoms with Crippen LogP contribution in [0.5, 0.6) is 0 Å². The number of hydrogen-bond donors (Lipinski definition) is 2. The van der Waals surface area contributed by atoms with E-state index < -0.39 is 0 Å². The summed E-state index contributed by atoms with van der Waals surface area (Å²) >= 11 is 2.96. The fourth-order valence-corrected chi connectivity index (χ4v) is 2.39. The summed E-state index contributed by atoms with van der Waals surface area (Å²) in [6, 6.07) is 0. The van der Waals surface area contributed by atoms with E-state index in [0.717, 1.165) is 0 Å². The van der Waals surface area contributed by atoms with Gasteiger partial charge in [0, 0.05) is 23.0 Å². The predicted octanol–water partition coefficient (Wildman–Crippen LogP) is 0.304. The Morgan fingerprint density at radius 3 is 1.50 bits per heavy atom. The van der Waals surface area contributed by atoms with Gasteiger partial charge >= 0.3 is 11.9 Å². The molecule has 0 aromatic rings. The number of rotatable bonds is 13. The summed E-state index contributed by atoms with van der Waals surface area (Å²) in [6.07, 6.45) is 0.576. The first-order chi connectivity index (χ1) is 9.70. The third kappa shape index (κ3) is 14.0. The predicted molar refractivity (Wildman–Crippen MR) is 80.0 cm³/mol. The zero-order valence-corrected chi connectivity index (χ0v) is 13.0. The van der Waals surface area contributed by atoms with E-state index in [1.54, 1.807) is 0 Å². The van der Waals surface area contributed by atoms with E-state index in [1.807, 2.05) is 0 Å². The number of carbonyl (C=O) groups is 2. The molecule has 0 aliphatic heterocycles. The number of carbonyl (C=O) groups excluding carboxylic acids is 2. The van der Waals surface area contributed by atoms with Crippen molar-refractivity contribution in [2.24, 2.45) is 0 Å². The van der Waals surface area contributed by atoms with Gasteiger partial charge in [-0.25, -0.2) is 0 Å². The minimum atomic E-state index is -0.329. The van der Waals surface area contributed by atoms with Gasteiger partial charge in [0.15, 0.2) is 0 Å². The van der Waals surface area contributed by atoms with Crippen LogP contribution < -0.4 is 0 Å². The first-order valence-corrected chi connectivity index (χ1v) is 8.70. The Balaban J connectivity index is 3.32. The minimum Gasteiger partial charge on any atom is -0.462 e. The molecule has 0 aromatic carbocycles. The van der Waals surface area contributed by atoms with Crippen LogP contribution in [0.25, 0.3) is 0 Å². The normalized spacial score (nSPS) is 10.3. The van der Waals surface area contributed by atoms with E-state index in [1.165, 1.54) is 23.5 Å². The fourth-order valence-electron chi connectivity index (χ4n) is 1.10. The molecule has 2 N–H and O–H groups in total. The van der Waals surface area contributed by atoms with Gasteiger partial charge in [0.2, 0.25) is 0 Å². The molecule has 0 saturated carbocycles. The molecule has 8 heteroatoms. The van der Waals surface area contributed by atoms with Gasteiger partial charge < -0.3 is 19.7 Å². The highest BCUT2D eigenvalue weighted by Gasteiger charge is 2.05. The largest absolute Gasteiger partial charge is 0.462 e. The highest BCUT2D eigenvalue weighted by atomic mass is 32.2. The fraction of sp³-hybridized carbons (Fsp3) is 0.833. The molecular weight excluding hydrogens is 304 g/mol. The van der Waals surface area contributed by atoms with Crippen molar-refractivity contribution in [1.82, 2.24) is 0 Å². The van der Waals surface area contributed by atoms with Crippen molar-refractivity contribution in [3.8, 4) is 0 Å². The lowest BCUT2D eigenvalue weighted by Gasteiger charge is -2.06. The standard InChI is InChI=1S/C12H22O6S2/c13-3-9-19-7-1-11(15)17-5-6-18-12(16)2-8-20-10-4-14/h13-14H,1-10H2. The average Bonchev–Trinajstić information content (AvgIpc) is 2.44. The Kier molecular flexibility index (Phi) is 14.6. The Morgan fingerprint density at radius 1 is 0.750 bits per heavy atom. The third-order valence-electron chi connectivity index (χ3n) is 1.98. The zero-order chi connectivity index (χ0) is 15.1. The molecular formula is C12H22O6S2.